The number of rotatable bonds is 5. The van der Waals surface area contributed by atoms with Crippen molar-refractivity contribution in [1.29, 1.82) is 0 Å². The Hall–Kier alpha value is -4.78. The number of halogens is 1. The van der Waals surface area contributed by atoms with Gasteiger partial charge in [-0.2, -0.15) is 0 Å². The number of pyridine rings is 2. The van der Waals surface area contributed by atoms with Crippen LogP contribution < -0.4 is 5.32 Å². The number of hydrogen-bond acceptors (Lipinski definition) is 7. The number of carboxylic acid groups (broad SMARTS) is 1. The second-order valence-corrected chi connectivity index (χ2v) is 11.1. The van der Waals surface area contributed by atoms with Crippen LogP contribution in [0, 0.1) is 11.8 Å². The molecular formula is C34H32ClN3O6. The molecule has 44 heavy (non-hydrogen) atoms. The van der Waals surface area contributed by atoms with Gasteiger partial charge in [0.05, 0.1) is 17.2 Å². The Kier molecular flexibility index (Phi) is 10.7. The number of esters is 1. The largest absolute Gasteiger partial charge is 0.478 e. The van der Waals surface area contributed by atoms with Crippen LogP contribution in [0.4, 0.5) is 0 Å². The van der Waals surface area contributed by atoms with Gasteiger partial charge in [-0.05, 0) is 87.7 Å². The van der Waals surface area contributed by atoms with Gasteiger partial charge in [0.15, 0.2) is 0 Å². The van der Waals surface area contributed by atoms with Crippen LogP contribution in [0.15, 0.2) is 79.0 Å². The molecule has 3 N–H and O–H groups in total. The number of amides is 1. The molecule has 0 unspecified atom stereocenters. The van der Waals surface area contributed by atoms with E-state index in [4.69, 9.17) is 21.4 Å². The van der Waals surface area contributed by atoms with Crippen molar-refractivity contribution in [1.82, 2.24) is 15.3 Å². The lowest BCUT2D eigenvalue weighted by molar-refractivity contribution is 0.0370. The molecule has 0 radical (unpaired) electrons. The van der Waals surface area contributed by atoms with Gasteiger partial charge < -0.3 is 20.3 Å². The lowest BCUT2D eigenvalue weighted by atomic mass is 9.82. The minimum atomic E-state index is -1.20. The van der Waals surface area contributed by atoms with E-state index < -0.39 is 23.4 Å². The molecule has 1 fully saturated rings. The standard InChI is InChI=1S/C24H25ClN2O4.C10H7NO2/c1-16(2)31-23(29)21-10-4-9-20(27-21)22(28)26-19-8-5-12-24(30,15-19)13-11-17-6-3-7-18(25)14-17;12-10(13)8-3-4-9-7(6-8)2-1-5-11-9/h3-4,6-7,9-10,14,16,19,30H,5,8,12,15H2,1-2H3,(H,26,28);1-6H,(H,12,13)/t19-,24+;/m0./s1. The predicted molar refractivity (Wildman–Crippen MR) is 166 cm³/mol. The Labute approximate surface area is 260 Å². The van der Waals surface area contributed by atoms with Gasteiger partial charge in [-0.3, -0.25) is 9.78 Å². The third-order valence-electron chi connectivity index (χ3n) is 6.71. The molecule has 9 nitrogen and oxygen atoms in total. The summed E-state index contributed by atoms with van der Waals surface area (Å²) in [5.41, 5.74) is 0.829. The van der Waals surface area contributed by atoms with E-state index in [1.807, 2.05) is 12.1 Å². The summed E-state index contributed by atoms with van der Waals surface area (Å²) >= 11 is 5.98. The van der Waals surface area contributed by atoms with Crippen molar-refractivity contribution in [2.75, 3.05) is 0 Å². The van der Waals surface area contributed by atoms with Crippen molar-refractivity contribution in [3.8, 4) is 11.8 Å². The van der Waals surface area contributed by atoms with E-state index in [9.17, 15) is 19.5 Å². The molecule has 5 rings (SSSR count). The van der Waals surface area contributed by atoms with Crippen LogP contribution in [0.25, 0.3) is 10.9 Å². The van der Waals surface area contributed by atoms with Gasteiger partial charge in [0.2, 0.25) is 0 Å². The first-order valence-electron chi connectivity index (χ1n) is 14.1. The molecule has 2 aromatic carbocycles. The second-order valence-electron chi connectivity index (χ2n) is 10.6. The van der Waals surface area contributed by atoms with Gasteiger partial charge in [0.25, 0.3) is 5.91 Å². The summed E-state index contributed by atoms with van der Waals surface area (Å²) in [6.45, 7) is 3.49. The monoisotopic (exact) mass is 613 g/mol. The number of carbonyl (C=O) groups excluding carboxylic acids is 2. The summed E-state index contributed by atoms with van der Waals surface area (Å²) in [6.07, 6.45) is 3.69. The normalized spacial score (nSPS) is 17.4. The molecule has 2 aromatic heterocycles. The number of carboxylic acids is 1. The number of benzene rings is 2. The Morgan fingerprint density at radius 3 is 2.57 bits per heavy atom. The number of nitrogens with zero attached hydrogens (tertiary/aromatic N) is 2. The first-order valence-corrected chi connectivity index (χ1v) is 14.5. The number of ether oxygens (including phenoxy) is 1. The first kappa shape index (κ1) is 32.1. The lowest BCUT2D eigenvalue weighted by Gasteiger charge is -2.33. The maximum atomic E-state index is 12.7. The molecule has 2 heterocycles. The zero-order valence-corrected chi connectivity index (χ0v) is 25.0. The molecule has 0 aliphatic heterocycles. The maximum Gasteiger partial charge on any atom is 0.357 e. The number of carbonyl (C=O) groups is 3. The molecule has 226 valence electrons. The minimum absolute atomic E-state index is 0.0777. The van der Waals surface area contributed by atoms with Crippen molar-refractivity contribution < 1.29 is 29.3 Å². The average Bonchev–Trinajstić information content (AvgIpc) is 3.00. The molecule has 0 bridgehead atoms. The molecule has 1 saturated carbocycles. The second kappa shape index (κ2) is 14.6. The van der Waals surface area contributed by atoms with Crippen LogP contribution in [0.5, 0.6) is 0 Å². The predicted octanol–water partition coefficient (Wildman–Crippen LogP) is 5.69. The van der Waals surface area contributed by atoms with E-state index in [1.54, 1.807) is 68.6 Å². The molecular weight excluding hydrogens is 582 g/mol. The molecule has 1 aliphatic rings. The molecule has 0 spiro atoms. The Bertz CT molecular complexity index is 1730. The summed E-state index contributed by atoms with van der Waals surface area (Å²) in [5, 5.41) is 24.0. The smallest absolute Gasteiger partial charge is 0.357 e. The van der Waals surface area contributed by atoms with Crippen LogP contribution in [-0.4, -0.2) is 55.8 Å². The number of fused-ring (bicyclic) bond motifs is 1. The highest BCUT2D eigenvalue weighted by molar-refractivity contribution is 6.30. The molecule has 1 aliphatic carbocycles. The van der Waals surface area contributed by atoms with Gasteiger partial charge in [0.1, 0.15) is 17.0 Å². The minimum Gasteiger partial charge on any atom is -0.478 e. The van der Waals surface area contributed by atoms with Gasteiger partial charge in [0, 0.05) is 34.6 Å². The van der Waals surface area contributed by atoms with Crippen LogP contribution in [-0.2, 0) is 4.74 Å². The van der Waals surface area contributed by atoms with Gasteiger partial charge in [-0.25, -0.2) is 14.6 Å². The SMILES string of the molecule is CC(C)OC(=O)c1cccc(C(=O)N[C@H]2CCC[C@@](O)(C#Cc3cccc(Cl)c3)C2)n1.O=C(O)c1ccc2ncccc2c1. The molecule has 0 saturated heterocycles. The fourth-order valence-electron chi connectivity index (χ4n) is 4.66. The van der Waals surface area contributed by atoms with E-state index in [0.29, 0.717) is 23.4 Å². The number of aliphatic hydroxyl groups is 1. The number of aromatic carboxylic acids is 1. The highest BCUT2D eigenvalue weighted by atomic mass is 35.5. The molecule has 1 amide bonds. The Morgan fingerprint density at radius 1 is 1.05 bits per heavy atom. The van der Waals surface area contributed by atoms with Gasteiger partial charge in [-0.15, -0.1) is 0 Å². The van der Waals surface area contributed by atoms with Crippen LogP contribution in [0.2, 0.25) is 5.02 Å². The van der Waals surface area contributed by atoms with Crippen LogP contribution >= 0.6 is 11.6 Å². The van der Waals surface area contributed by atoms with E-state index in [-0.39, 0.29) is 23.5 Å². The van der Waals surface area contributed by atoms with E-state index in [1.165, 1.54) is 12.1 Å². The summed E-state index contributed by atoms with van der Waals surface area (Å²) in [5.74, 6) is 4.03. The van der Waals surface area contributed by atoms with E-state index in [0.717, 1.165) is 29.3 Å². The van der Waals surface area contributed by atoms with Crippen LogP contribution in [0.1, 0.15) is 76.4 Å². The van der Waals surface area contributed by atoms with E-state index in [2.05, 4.69) is 27.1 Å². The summed E-state index contributed by atoms with van der Waals surface area (Å²) in [4.78, 5) is 43.6. The summed E-state index contributed by atoms with van der Waals surface area (Å²) in [7, 11) is 0. The van der Waals surface area contributed by atoms with Crippen molar-refractivity contribution in [3.63, 3.8) is 0 Å². The highest BCUT2D eigenvalue weighted by Gasteiger charge is 2.34. The molecule has 4 aromatic rings. The Balaban J connectivity index is 0.000000281. The number of nitrogens with one attached hydrogen (secondary N) is 1. The van der Waals surface area contributed by atoms with Gasteiger partial charge in [-0.1, -0.05) is 41.6 Å². The number of aromatic nitrogens is 2. The number of hydrogen-bond donors (Lipinski definition) is 3. The maximum absolute atomic E-state index is 12.7. The topological polar surface area (TPSA) is 139 Å². The summed E-state index contributed by atoms with van der Waals surface area (Å²) < 4.78 is 5.13. The lowest BCUT2D eigenvalue weighted by Crippen LogP contribution is -2.45. The third kappa shape index (κ3) is 9.11. The van der Waals surface area contributed by atoms with Crippen molar-refractivity contribution in [3.05, 3.63) is 107 Å². The van der Waals surface area contributed by atoms with E-state index >= 15 is 0 Å². The quantitative estimate of drug-likeness (QED) is 0.193. The first-order chi connectivity index (χ1) is 21.0. The average molecular weight is 614 g/mol. The zero-order chi connectivity index (χ0) is 31.7. The zero-order valence-electron chi connectivity index (χ0n) is 24.3. The highest BCUT2D eigenvalue weighted by Crippen LogP contribution is 2.28. The van der Waals surface area contributed by atoms with Crippen molar-refractivity contribution in [2.45, 2.75) is 57.3 Å². The molecule has 2 atom stereocenters. The fraction of sp³-hybridized carbons (Fsp3) is 0.265. The molecule has 10 heteroatoms. The van der Waals surface area contributed by atoms with Crippen molar-refractivity contribution >= 4 is 40.3 Å². The third-order valence-corrected chi connectivity index (χ3v) is 6.95. The van der Waals surface area contributed by atoms with Gasteiger partial charge >= 0.3 is 11.9 Å². The fourth-order valence-corrected chi connectivity index (χ4v) is 4.85. The Morgan fingerprint density at radius 2 is 1.82 bits per heavy atom. The summed E-state index contributed by atoms with van der Waals surface area (Å²) in [6, 6.07) is 20.0. The van der Waals surface area contributed by atoms with Crippen LogP contribution in [0.3, 0.4) is 0 Å². The van der Waals surface area contributed by atoms with Crippen molar-refractivity contribution in [2.24, 2.45) is 0 Å².